The zero-order valence-electron chi connectivity index (χ0n) is 14.4. The van der Waals surface area contributed by atoms with Crippen molar-refractivity contribution in [2.24, 2.45) is 0 Å². The average Bonchev–Trinajstić information content (AvgIpc) is 3.07. The highest BCUT2D eigenvalue weighted by atomic mass is 19.1. The number of aryl methyl sites for hydroxylation is 1. The number of anilines is 2. The normalized spacial score (nSPS) is 15.8. The Morgan fingerprint density at radius 3 is 2.85 bits per heavy atom. The Morgan fingerprint density at radius 1 is 1.30 bits per heavy atom. The van der Waals surface area contributed by atoms with Crippen molar-refractivity contribution in [3.05, 3.63) is 66.1 Å². The highest BCUT2D eigenvalue weighted by molar-refractivity contribution is 6.05. The summed E-state index contributed by atoms with van der Waals surface area (Å²) in [7, 11) is 0. The number of hydrogen-bond donors (Lipinski definition) is 2. The molecule has 0 bridgehead atoms. The highest BCUT2D eigenvalue weighted by Gasteiger charge is 2.31. The van der Waals surface area contributed by atoms with Gasteiger partial charge in [0.2, 0.25) is 11.8 Å². The summed E-state index contributed by atoms with van der Waals surface area (Å²) in [6.45, 7) is 1.87. The first kappa shape index (κ1) is 16.9. The van der Waals surface area contributed by atoms with Crippen molar-refractivity contribution in [2.75, 3.05) is 10.6 Å². The van der Waals surface area contributed by atoms with Crippen LogP contribution in [-0.4, -0.2) is 26.3 Å². The number of hydrogen-bond acceptors (Lipinski definition) is 4. The SMILES string of the molecule is Cc1nccn1-c1ccc(NC(=O)C2CC(=O)Nc3cc(F)ccc32)cn1. The molecule has 1 aliphatic heterocycles. The Hall–Kier alpha value is -3.55. The summed E-state index contributed by atoms with van der Waals surface area (Å²) in [5.74, 6) is -0.338. The molecule has 2 N–H and O–H groups in total. The van der Waals surface area contributed by atoms with Crippen molar-refractivity contribution in [1.82, 2.24) is 14.5 Å². The second-order valence-electron chi connectivity index (χ2n) is 6.28. The molecule has 0 spiro atoms. The molecule has 1 aromatic carbocycles. The summed E-state index contributed by atoms with van der Waals surface area (Å²) in [4.78, 5) is 33.1. The van der Waals surface area contributed by atoms with E-state index in [4.69, 9.17) is 0 Å². The Labute approximate surface area is 154 Å². The predicted molar refractivity (Wildman–Crippen MR) is 97.1 cm³/mol. The highest BCUT2D eigenvalue weighted by Crippen LogP contribution is 2.33. The Morgan fingerprint density at radius 2 is 2.15 bits per heavy atom. The molecule has 1 unspecified atom stereocenters. The van der Waals surface area contributed by atoms with Gasteiger partial charge in [0.1, 0.15) is 17.5 Å². The lowest BCUT2D eigenvalue weighted by Crippen LogP contribution is -2.30. The lowest BCUT2D eigenvalue weighted by Gasteiger charge is -2.24. The van der Waals surface area contributed by atoms with Gasteiger partial charge >= 0.3 is 0 Å². The average molecular weight is 365 g/mol. The van der Waals surface area contributed by atoms with Gasteiger partial charge in [-0.3, -0.25) is 14.2 Å². The number of rotatable bonds is 3. The fraction of sp³-hybridized carbons (Fsp3) is 0.158. The standard InChI is InChI=1S/C19H16FN5O2/c1-11-21-6-7-25(11)17-5-3-13(10-22-17)23-19(27)15-9-18(26)24-16-8-12(20)2-4-14(15)16/h2-8,10,15H,9H2,1H3,(H,23,27)(H,24,26). The Kier molecular flexibility index (Phi) is 4.15. The molecule has 0 saturated carbocycles. The van der Waals surface area contributed by atoms with Crippen LogP contribution in [-0.2, 0) is 9.59 Å². The van der Waals surface area contributed by atoms with Crippen molar-refractivity contribution in [1.29, 1.82) is 0 Å². The van der Waals surface area contributed by atoms with Gasteiger partial charge in [-0.15, -0.1) is 0 Å². The molecule has 3 heterocycles. The van der Waals surface area contributed by atoms with E-state index in [-0.39, 0.29) is 18.2 Å². The van der Waals surface area contributed by atoms with E-state index in [2.05, 4.69) is 20.6 Å². The summed E-state index contributed by atoms with van der Waals surface area (Å²) >= 11 is 0. The summed E-state index contributed by atoms with van der Waals surface area (Å²) in [6, 6.07) is 7.52. The van der Waals surface area contributed by atoms with Gasteiger partial charge in [0.25, 0.3) is 0 Å². The zero-order valence-corrected chi connectivity index (χ0v) is 14.4. The predicted octanol–water partition coefficient (Wildman–Crippen LogP) is 2.78. The maximum Gasteiger partial charge on any atom is 0.232 e. The number of imidazole rings is 1. The molecule has 1 aliphatic rings. The molecule has 1 atom stereocenters. The largest absolute Gasteiger partial charge is 0.326 e. The molecule has 0 fully saturated rings. The summed E-state index contributed by atoms with van der Waals surface area (Å²) < 4.78 is 15.2. The quantitative estimate of drug-likeness (QED) is 0.747. The molecular formula is C19H16FN5O2. The molecule has 2 aromatic heterocycles. The smallest absolute Gasteiger partial charge is 0.232 e. The molecule has 0 radical (unpaired) electrons. The first-order valence-corrected chi connectivity index (χ1v) is 8.38. The fourth-order valence-corrected chi connectivity index (χ4v) is 3.12. The second kappa shape index (κ2) is 6.64. The third-order valence-corrected chi connectivity index (χ3v) is 4.46. The van der Waals surface area contributed by atoms with Gasteiger partial charge in [0.05, 0.1) is 17.8 Å². The van der Waals surface area contributed by atoms with E-state index in [1.807, 2.05) is 11.5 Å². The third kappa shape index (κ3) is 3.29. The monoisotopic (exact) mass is 365 g/mol. The Bertz CT molecular complexity index is 1030. The van der Waals surface area contributed by atoms with Crippen LogP contribution in [0.2, 0.25) is 0 Å². The van der Waals surface area contributed by atoms with Crippen molar-refractivity contribution in [2.45, 2.75) is 19.3 Å². The molecule has 4 rings (SSSR count). The molecule has 0 aliphatic carbocycles. The lowest BCUT2D eigenvalue weighted by atomic mass is 9.89. The minimum absolute atomic E-state index is 0.00418. The van der Waals surface area contributed by atoms with Crippen LogP contribution in [0.15, 0.2) is 48.9 Å². The zero-order chi connectivity index (χ0) is 19.0. The number of nitrogens with one attached hydrogen (secondary N) is 2. The van der Waals surface area contributed by atoms with Crippen LogP contribution < -0.4 is 10.6 Å². The van der Waals surface area contributed by atoms with E-state index < -0.39 is 11.7 Å². The topological polar surface area (TPSA) is 88.9 Å². The fourth-order valence-electron chi connectivity index (χ4n) is 3.12. The van der Waals surface area contributed by atoms with Crippen LogP contribution in [0.1, 0.15) is 23.7 Å². The minimum Gasteiger partial charge on any atom is -0.326 e. The number of carbonyl (C=O) groups excluding carboxylic acids is 2. The Balaban J connectivity index is 1.54. The van der Waals surface area contributed by atoms with Gasteiger partial charge in [0, 0.05) is 24.5 Å². The molecule has 3 aromatic rings. The van der Waals surface area contributed by atoms with Crippen LogP contribution in [0.25, 0.3) is 5.82 Å². The number of amides is 2. The van der Waals surface area contributed by atoms with E-state index in [0.29, 0.717) is 22.8 Å². The van der Waals surface area contributed by atoms with E-state index >= 15 is 0 Å². The number of benzene rings is 1. The van der Waals surface area contributed by atoms with Crippen LogP contribution in [0.3, 0.4) is 0 Å². The number of nitrogens with zero attached hydrogens (tertiary/aromatic N) is 3. The number of aromatic nitrogens is 3. The van der Waals surface area contributed by atoms with Gasteiger partial charge < -0.3 is 10.6 Å². The molecule has 136 valence electrons. The van der Waals surface area contributed by atoms with Crippen LogP contribution in [0, 0.1) is 12.7 Å². The van der Waals surface area contributed by atoms with Gasteiger partial charge in [-0.05, 0) is 36.8 Å². The van der Waals surface area contributed by atoms with E-state index in [9.17, 15) is 14.0 Å². The van der Waals surface area contributed by atoms with Crippen LogP contribution in [0.5, 0.6) is 0 Å². The van der Waals surface area contributed by atoms with Crippen LogP contribution >= 0.6 is 0 Å². The van der Waals surface area contributed by atoms with E-state index in [1.165, 1.54) is 18.2 Å². The summed E-state index contributed by atoms with van der Waals surface area (Å²) in [5, 5.41) is 5.37. The first-order valence-electron chi connectivity index (χ1n) is 8.38. The van der Waals surface area contributed by atoms with E-state index in [1.54, 1.807) is 30.7 Å². The van der Waals surface area contributed by atoms with Crippen molar-refractivity contribution in [3.63, 3.8) is 0 Å². The molecule has 27 heavy (non-hydrogen) atoms. The van der Waals surface area contributed by atoms with E-state index in [0.717, 1.165) is 5.82 Å². The number of fused-ring (bicyclic) bond motifs is 1. The molecule has 7 nitrogen and oxygen atoms in total. The summed E-state index contributed by atoms with van der Waals surface area (Å²) in [6.07, 6.45) is 5.03. The molecule has 8 heteroatoms. The van der Waals surface area contributed by atoms with Crippen molar-refractivity contribution < 1.29 is 14.0 Å². The number of pyridine rings is 1. The van der Waals surface area contributed by atoms with Crippen LogP contribution in [0.4, 0.5) is 15.8 Å². The maximum atomic E-state index is 13.4. The maximum absolute atomic E-state index is 13.4. The number of carbonyl (C=O) groups is 2. The van der Waals surface area contributed by atoms with Crippen molar-refractivity contribution in [3.8, 4) is 5.82 Å². The molecule has 2 amide bonds. The third-order valence-electron chi connectivity index (χ3n) is 4.46. The molecule has 0 saturated heterocycles. The van der Waals surface area contributed by atoms with Gasteiger partial charge in [0.15, 0.2) is 0 Å². The van der Waals surface area contributed by atoms with Gasteiger partial charge in [-0.1, -0.05) is 6.07 Å². The van der Waals surface area contributed by atoms with Gasteiger partial charge in [-0.25, -0.2) is 14.4 Å². The minimum atomic E-state index is -0.690. The van der Waals surface area contributed by atoms with Crippen molar-refractivity contribution >= 4 is 23.2 Å². The lowest BCUT2D eigenvalue weighted by molar-refractivity contribution is -0.123. The summed E-state index contributed by atoms with van der Waals surface area (Å²) in [5.41, 5.74) is 1.43. The van der Waals surface area contributed by atoms with Gasteiger partial charge in [-0.2, -0.15) is 0 Å². The second-order valence-corrected chi connectivity index (χ2v) is 6.28. The first-order chi connectivity index (χ1) is 13.0. The number of halogens is 1. The molecular weight excluding hydrogens is 349 g/mol.